The number of esters is 1. The van der Waals surface area contributed by atoms with Crippen molar-refractivity contribution in [3.63, 3.8) is 0 Å². The summed E-state index contributed by atoms with van der Waals surface area (Å²) in [6, 6.07) is 3.23. The van der Waals surface area contributed by atoms with Crippen molar-refractivity contribution in [2.75, 3.05) is 19.8 Å². The van der Waals surface area contributed by atoms with Gasteiger partial charge in [0.05, 0.1) is 19.8 Å². The molecule has 0 aliphatic heterocycles. The molecule has 0 aliphatic rings. The van der Waals surface area contributed by atoms with Gasteiger partial charge in [0.1, 0.15) is 18.2 Å². The van der Waals surface area contributed by atoms with Crippen molar-refractivity contribution in [2.24, 2.45) is 17.6 Å². The Morgan fingerprint density at radius 2 is 1.30 bits per heavy atom. The van der Waals surface area contributed by atoms with E-state index < -0.39 is 42.7 Å². The van der Waals surface area contributed by atoms with Crippen molar-refractivity contribution in [2.45, 2.75) is 86.0 Å². The van der Waals surface area contributed by atoms with Crippen LogP contribution in [0.1, 0.15) is 66.9 Å². The summed E-state index contributed by atoms with van der Waals surface area (Å²) in [7, 11) is 0. The van der Waals surface area contributed by atoms with Gasteiger partial charge in [0, 0.05) is 0 Å². The highest BCUT2D eigenvalue weighted by Gasteiger charge is 2.25. The van der Waals surface area contributed by atoms with Crippen LogP contribution in [0.5, 0.6) is 11.5 Å². The molecule has 1 aromatic carbocycles. The average molecular weight is 570 g/mol. The van der Waals surface area contributed by atoms with Gasteiger partial charge in [0.25, 0.3) is 0 Å². The summed E-state index contributed by atoms with van der Waals surface area (Å²) in [5.74, 6) is -0.772. The van der Waals surface area contributed by atoms with Crippen LogP contribution in [0.2, 0.25) is 0 Å². The number of rotatable bonds is 15. The Labute approximate surface area is 235 Å². The second kappa shape index (κ2) is 17.9. The molecule has 12 nitrogen and oxygen atoms in total. The van der Waals surface area contributed by atoms with Gasteiger partial charge in [-0.1, -0.05) is 47.1 Å². The quantitative estimate of drug-likeness (QED) is 0.128. The highest BCUT2D eigenvalue weighted by atomic mass is 16.7. The summed E-state index contributed by atoms with van der Waals surface area (Å²) in [4.78, 5) is 48.6. The maximum Gasteiger partial charge on any atom is 0.513 e. The molecular weight excluding hydrogens is 526 g/mol. The van der Waals surface area contributed by atoms with Crippen LogP contribution in [0.25, 0.3) is 0 Å². The first-order valence-corrected chi connectivity index (χ1v) is 13.4. The monoisotopic (exact) mass is 569 g/mol. The Bertz CT molecular complexity index is 964. The Balaban J connectivity index is 2.87. The molecule has 0 saturated heterocycles. The SMILES string of the molecule is CCCCOC(=O)OC(C)[C@H](C)OC(=O)[C@@H](N)Cc1ccc(OC(=O)OCC(C)C)c(OC(=O)OCC(C)C)c1. The maximum absolute atomic E-state index is 12.6. The standard InChI is InChI=1S/C28H43NO11/c1-8-9-12-34-26(31)38-20(7)19(6)37-25(30)22(29)13-21-10-11-23(39-27(32)35-15-17(2)3)24(14-21)40-28(33)36-16-18(4)5/h10-11,14,17-20,22H,8-9,12-13,15-16,29H2,1-7H3/t19-,20?,22-/m0/s1. The van der Waals surface area contributed by atoms with Crippen molar-refractivity contribution in [1.82, 2.24) is 0 Å². The molecule has 0 aromatic heterocycles. The molecule has 40 heavy (non-hydrogen) atoms. The molecule has 0 fully saturated rings. The summed E-state index contributed by atoms with van der Waals surface area (Å²) >= 11 is 0. The number of unbranched alkanes of at least 4 members (excludes halogenated alkanes) is 1. The van der Waals surface area contributed by atoms with E-state index in [1.165, 1.54) is 12.1 Å². The zero-order valence-corrected chi connectivity index (χ0v) is 24.4. The maximum atomic E-state index is 12.6. The number of hydrogen-bond donors (Lipinski definition) is 1. The Morgan fingerprint density at radius 3 is 1.85 bits per heavy atom. The van der Waals surface area contributed by atoms with Crippen LogP contribution < -0.4 is 15.2 Å². The molecule has 0 spiro atoms. The molecule has 1 aromatic rings. The summed E-state index contributed by atoms with van der Waals surface area (Å²) in [6.45, 7) is 13.1. The van der Waals surface area contributed by atoms with E-state index in [4.69, 9.17) is 38.9 Å². The fourth-order valence-corrected chi connectivity index (χ4v) is 2.84. The van der Waals surface area contributed by atoms with Gasteiger partial charge in [-0.05, 0) is 56.2 Å². The molecule has 0 radical (unpaired) electrons. The third-order valence-electron chi connectivity index (χ3n) is 5.19. The normalized spacial score (nSPS) is 13.2. The number of ether oxygens (including phenoxy) is 7. The molecule has 3 atom stereocenters. The predicted octanol–water partition coefficient (Wildman–Crippen LogP) is 5.17. The van der Waals surface area contributed by atoms with E-state index in [2.05, 4.69) is 0 Å². The highest BCUT2D eigenvalue weighted by molar-refractivity contribution is 5.76. The van der Waals surface area contributed by atoms with Crippen LogP contribution in [0.15, 0.2) is 18.2 Å². The van der Waals surface area contributed by atoms with Crippen LogP contribution >= 0.6 is 0 Å². The molecule has 226 valence electrons. The first-order valence-electron chi connectivity index (χ1n) is 13.4. The van der Waals surface area contributed by atoms with Crippen LogP contribution in [-0.4, -0.2) is 62.5 Å². The molecule has 0 bridgehead atoms. The minimum absolute atomic E-state index is 0.00463. The molecule has 1 unspecified atom stereocenters. The highest BCUT2D eigenvalue weighted by Crippen LogP contribution is 2.30. The number of benzene rings is 1. The first kappa shape index (κ1) is 34.5. The van der Waals surface area contributed by atoms with Crippen molar-refractivity contribution >= 4 is 24.4 Å². The van der Waals surface area contributed by atoms with Gasteiger partial charge in [-0.3, -0.25) is 4.79 Å². The van der Waals surface area contributed by atoms with Crippen molar-refractivity contribution in [1.29, 1.82) is 0 Å². The fourth-order valence-electron chi connectivity index (χ4n) is 2.84. The third-order valence-corrected chi connectivity index (χ3v) is 5.19. The zero-order chi connectivity index (χ0) is 30.2. The molecule has 0 amide bonds. The van der Waals surface area contributed by atoms with E-state index in [1.54, 1.807) is 19.9 Å². The van der Waals surface area contributed by atoms with Crippen LogP contribution in [0.3, 0.4) is 0 Å². The topological polar surface area (TPSA) is 159 Å². The summed E-state index contributed by atoms with van der Waals surface area (Å²) in [6.07, 6.45) is -2.80. The molecular formula is C28H43NO11. The number of carbonyl (C=O) groups excluding carboxylic acids is 4. The second-order valence-corrected chi connectivity index (χ2v) is 10.1. The van der Waals surface area contributed by atoms with E-state index in [1.807, 2.05) is 34.6 Å². The van der Waals surface area contributed by atoms with Gasteiger partial charge in [-0.25, -0.2) is 14.4 Å². The number of carbonyl (C=O) groups is 4. The molecule has 1 rings (SSSR count). The minimum Gasteiger partial charge on any atom is -0.458 e. The van der Waals surface area contributed by atoms with E-state index in [0.717, 1.165) is 6.42 Å². The fraction of sp³-hybridized carbons (Fsp3) is 0.643. The van der Waals surface area contributed by atoms with Crippen molar-refractivity contribution < 1.29 is 52.3 Å². The third kappa shape index (κ3) is 14.0. The van der Waals surface area contributed by atoms with Crippen LogP contribution in [0, 0.1) is 11.8 Å². The van der Waals surface area contributed by atoms with Gasteiger partial charge < -0.3 is 38.9 Å². The minimum atomic E-state index is -1.10. The Morgan fingerprint density at radius 1 is 0.750 bits per heavy atom. The lowest BCUT2D eigenvalue weighted by atomic mass is 10.1. The van der Waals surface area contributed by atoms with E-state index in [0.29, 0.717) is 12.0 Å². The number of hydrogen-bond acceptors (Lipinski definition) is 12. The summed E-state index contributed by atoms with van der Waals surface area (Å²) in [5, 5.41) is 0. The lowest BCUT2D eigenvalue weighted by molar-refractivity contribution is -0.155. The van der Waals surface area contributed by atoms with E-state index >= 15 is 0 Å². The summed E-state index contributed by atoms with van der Waals surface area (Å²) < 4.78 is 36.0. The number of nitrogens with two attached hydrogens (primary N) is 1. The van der Waals surface area contributed by atoms with Crippen LogP contribution in [0.4, 0.5) is 14.4 Å². The second-order valence-electron chi connectivity index (χ2n) is 10.1. The largest absolute Gasteiger partial charge is 0.513 e. The molecule has 0 aliphatic carbocycles. The summed E-state index contributed by atoms with van der Waals surface area (Å²) in [5.41, 5.74) is 6.54. The zero-order valence-electron chi connectivity index (χ0n) is 24.4. The van der Waals surface area contributed by atoms with Gasteiger partial charge >= 0.3 is 24.4 Å². The average Bonchev–Trinajstić information content (AvgIpc) is 2.87. The lowest BCUT2D eigenvalue weighted by Crippen LogP contribution is -2.39. The van der Waals surface area contributed by atoms with Gasteiger partial charge in [-0.2, -0.15) is 0 Å². The molecule has 12 heteroatoms. The van der Waals surface area contributed by atoms with Gasteiger partial charge in [0.15, 0.2) is 11.5 Å². The lowest BCUT2D eigenvalue weighted by Gasteiger charge is -2.22. The van der Waals surface area contributed by atoms with Gasteiger partial charge in [-0.15, -0.1) is 0 Å². The molecule has 0 heterocycles. The van der Waals surface area contributed by atoms with Crippen LogP contribution in [-0.2, 0) is 34.9 Å². The van der Waals surface area contributed by atoms with Gasteiger partial charge in [0.2, 0.25) is 0 Å². The smallest absolute Gasteiger partial charge is 0.458 e. The predicted molar refractivity (Wildman–Crippen MR) is 144 cm³/mol. The first-order chi connectivity index (χ1) is 18.8. The van der Waals surface area contributed by atoms with Crippen molar-refractivity contribution in [3.05, 3.63) is 23.8 Å². The molecule has 0 saturated carbocycles. The Hall–Kier alpha value is -3.54. The van der Waals surface area contributed by atoms with E-state index in [-0.39, 0.29) is 49.6 Å². The Kier molecular flexibility index (Phi) is 15.5. The van der Waals surface area contributed by atoms with Crippen molar-refractivity contribution in [3.8, 4) is 11.5 Å². The molecule has 2 N–H and O–H groups in total. The van der Waals surface area contributed by atoms with E-state index in [9.17, 15) is 19.2 Å².